The molecule has 2 aliphatic rings. The third-order valence-electron chi connectivity index (χ3n) is 3.51. The Hall–Kier alpha value is -0.890. The molecule has 2 nitrogen and oxygen atoms in total. The van der Waals surface area contributed by atoms with Gasteiger partial charge in [-0.05, 0) is 50.4 Å². The van der Waals surface area contributed by atoms with Gasteiger partial charge in [0.1, 0.15) is 0 Å². The van der Waals surface area contributed by atoms with Gasteiger partial charge in [-0.1, -0.05) is 6.07 Å². The fourth-order valence-electron chi connectivity index (χ4n) is 2.80. The number of pyridine rings is 1. The minimum absolute atomic E-state index is 0.633. The summed E-state index contributed by atoms with van der Waals surface area (Å²) in [6.45, 7) is 2.56. The highest BCUT2D eigenvalue weighted by Crippen LogP contribution is 2.35. The molecule has 1 unspecified atom stereocenters. The van der Waals surface area contributed by atoms with Crippen LogP contribution in [0.4, 0.5) is 0 Å². The number of likely N-dealkylation sites (tertiary alicyclic amines) is 1. The van der Waals surface area contributed by atoms with Crippen LogP contribution in [-0.4, -0.2) is 23.0 Å². The number of aryl methyl sites for hydroxylation is 1. The van der Waals surface area contributed by atoms with Gasteiger partial charge in [-0.15, -0.1) is 0 Å². The molecule has 1 aromatic heterocycles. The minimum atomic E-state index is 0.633. The van der Waals surface area contributed by atoms with Crippen LogP contribution in [0.1, 0.15) is 36.6 Å². The summed E-state index contributed by atoms with van der Waals surface area (Å²) in [5, 5.41) is 0. The highest BCUT2D eigenvalue weighted by molar-refractivity contribution is 5.28. The van der Waals surface area contributed by atoms with Gasteiger partial charge in [0.2, 0.25) is 0 Å². The van der Waals surface area contributed by atoms with Crippen molar-refractivity contribution in [3.05, 3.63) is 29.6 Å². The van der Waals surface area contributed by atoms with Crippen LogP contribution in [0.15, 0.2) is 18.3 Å². The molecule has 0 saturated carbocycles. The molecule has 1 aromatic rings. The van der Waals surface area contributed by atoms with Crippen molar-refractivity contribution in [1.29, 1.82) is 0 Å². The van der Waals surface area contributed by atoms with Crippen molar-refractivity contribution in [3.8, 4) is 0 Å². The molecule has 2 heterocycles. The summed E-state index contributed by atoms with van der Waals surface area (Å²) in [4.78, 5) is 7.15. The number of hydrogen-bond donors (Lipinski definition) is 0. The fourth-order valence-corrected chi connectivity index (χ4v) is 2.80. The Morgan fingerprint density at radius 1 is 1.29 bits per heavy atom. The van der Waals surface area contributed by atoms with Crippen LogP contribution in [0.5, 0.6) is 0 Å². The molecule has 0 N–H and O–H groups in total. The van der Waals surface area contributed by atoms with E-state index in [1.807, 2.05) is 6.20 Å². The molecule has 1 saturated heterocycles. The molecule has 0 spiro atoms. The van der Waals surface area contributed by atoms with Crippen molar-refractivity contribution in [2.75, 3.05) is 13.1 Å². The largest absolute Gasteiger partial charge is 0.295 e. The van der Waals surface area contributed by atoms with Crippen LogP contribution in [-0.2, 0) is 6.42 Å². The van der Waals surface area contributed by atoms with Gasteiger partial charge in [-0.25, -0.2) is 0 Å². The summed E-state index contributed by atoms with van der Waals surface area (Å²) >= 11 is 0. The molecule has 2 heteroatoms. The first-order chi connectivity index (χ1) is 6.95. The maximum atomic E-state index is 4.54. The monoisotopic (exact) mass is 188 g/mol. The first kappa shape index (κ1) is 8.42. The van der Waals surface area contributed by atoms with Crippen LogP contribution >= 0.6 is 0 Å². The Balaban J connectivity index is 1.89. The van der Waals surface area contributed by atoms with E-state index in [1.54, 1.807) is 0 Å². The van der Waals surface area contributed by atoms with Crippen LogP contribution in [0.25, 0.3) is 0 Å². The van der Waals surface area contributed by atoms with Crippen LogP contribution < -0.4 is 0 Å². The third-order valence-corrected chi connectivity index (χ3v) is 3.51. The van der Waals surface area contributed by atoms with Gasteiger partial charge in [0, 0.05) is 6.20 Å². The number of hydrogen-bond acceptors (Lipinski definition) is 2. The van der Waals surface area contributed by atoms with Gasteiger partial charge in [0.15, 0.2) is 0 Å². The summed E-state index contributed by atoms with van der Waals surface area (Å²) in [6.07, 6.45) is 7.20. The average molecular weight is 188 g/mol. The van der Waals surface area contributed by atoms with E-state index in [2.05, 4.69) is 22.0 Å². The molecular weight excluding hydrogens is 172 g/mol. The summed E-state index contributed by atoms with van der Waals surface area (Å²) in [5.41, 5.74) is 2.83. The smallest absolute Gasteiger partial charge is 0.0607 e. The highest BCUT2D eigenvalue weighted by atomic mass is 15.2. The maximum Gasteiger partial charge on any atom is 0.0607 e. The Morgan fingerprint density at radius 3 is 3.00 bits per heavy atom. The average Bonchev–Trinajstić information content (AvgIpc) is 2.85. The van der Waals surface area contributed by atoms with Gasteiger partial charge in [0.05, 0.1) is 11.7 Å². The van der Waals surface area contributed by atoms with E-state index >= 15 is 0 Å². The zero-order valence-corrected chi connectivity index (χ0v) is 8.45. The first-order valence-electron chi connectivity index (χ1n) is 5.63. The van der Waals surface area contributed by atoms with E-state index in [9.17, 15) is 0 Å². The second-order valence-corrected chi connectivity index (χ2v) is 4.35. The molecule has 0 bridgehead atoms. The topological polar surface area (TPSA) is 16.1 Å². The third kappa shape index (κ3) is 1.25. The highest BCUT2D eigenvalue weighted by Gasteiger charge is 2.30. The van der Waals surface area contributed by atoms with E-state index in [4.69, 9.17) is 0 Å². The normalized spacial score (nSPS) is 26.7. The Bertz CT molecular complexity index is 329. The fraction of sp³-hybridized carbons (Fsp3) is 0.583. The number of nitrogens with zero attached hydrogens (tertiary/aromatic N) is 2. The first-order valence-corrected chi connectivity index (χ1v) is 5.63. The van der Waals surface area contributed by atoms with Crippen molar-refractivity contribution in [1.82, 2.24) is 9.88 Å². The summed E-state index contributed by atoms with van der Waals surface area (Å²) in [6, 6.07) is 4.93. The predicted molar refractivity (Wildman–Crippen MR) is 56.1 cm³/mol. The Morgan fingerprint density at radius 2 is 2.14 bits per heavy atom. The van der Waals surface area contributed by atoms with E-state index in [1.165, 1.54) is 50.0 Å². The van der Waals surface area contributed by atoms with Crippen molar-refractivity contribution in [3.63, 3.8) is 0 Å². The SMILES string of the molecule is c1cnc2c(c1)CCC2N1CCCC1. The maximum absolute atomic E-state index is 4.54. The second kappa shape index (κ2) is 3.35. The molecular formula is C12H16N2. The second-order valence-electron chi connectivity index (χ2n) is 4.35. The van der Waals surface area contributed by atoms with E-state index in [0.29, 0.717) is 6.04 Å². The molecule has 3 rings (SSSR count). The quantitative estimate of drug-likeness (QED) is 0.671. The van der Waals surface area contributed by atoms with Crippen LogP contribution in [0.3, 0.4) is 0 Å². The molecule has 0 radical (unpaired) electrons. The van der Waals surface area contributed by atoms with Gasteiger partial charge >= 0.3 is 0 Å². The summed E-state index contributed by atoms with van der Waals surface area (Å²) in [7, 11) is 0. The molecule has 1 atom stereocenters. The standard InChI is InChI=1S/C12H16N2/c1-2-9-14(8-1)11-6-5-10-4-3-7-13-12(10)11/h3-4,7,11H,1-2,5-6,8-9H2. The lowest BCUT2D eigenvalue weighted by molar-refractivity contribution is 0.241. The van der Waals surface area contributed by atoms with E-state index in [0.717, 1.165) is 0 Å². The van der Waals surface area contributed by atoms with Crippen LogP contribution in [0, 0.1) is 0 Å². The molecule has 1 aliphatic carbocycles. The number of aromatic nitrogens is 1. The molecule has 0 amide bonds. The number of rotatable bonds is 1. The van der Waals surface area contributed by atoms with Gasteiger partial charge in [0.25, 0.3) is 0 Å². The lowest BCUT2D eigenvalue weighted by Gasteiger charge is -2.22. The lowest BCUT2D eigenvalue weighted by Crippen LogP contribution is -2.24. The van der Waals surface area contributed by atoms with Crippen LogP contribution in [0.2, 0.25) is 0 Å². The summed E-state index contributed by atoms with van der Waals surface area (Å²) in [5.74, 6) is 0. The van der Waals surface area contributed by atoms with Crippen molar-refractivity contribution >= 4 is 0 Å². The van der Waals surface area contributed by atoms with Crippen molar-refractivity contribution in [2.45, 2.75) is 31.7 Å². The van der Waals surface area contributed by atoms with E-state index in [-0.39, 0.29) is 0 Å². The minimum Gasteiger partial charge on any atom is -0.295 e. The van der Waals surface area contributed by atoms with Crippen molar-refractivity contribution < 1.29 is 0 Å². The zero-order chi connectivity index (χ0) is 9.38. The predicted octanol–water partition coefficient (Wildman–Crippen LogP) is 2.16. The molecule has 14 heavy (non-hydrogen) atoms. The summed E-state index contributed by atoms with van der Waals surface area (Å²) < 4.78 is 0. The molecule has 1 aliphatic heterocycles. The molecule has 1 fully saturated rings. The molecule has 74 valence electrons. The Labute approximate surface area is 85.0 Å². The van der Waals surface area contributed by atoms with Gasteiger partial charge in [-0.3, -0.25) is 9.88 Å². The number of fused-ring (bicyclic) bond motifs is 1. The lowest BCUT2D eigenvalue weighted by atomic mass is 10.2. The van der Waals surface area contributed by atoms with Crippen molar-refractivity contribution in [2.24, 2.45) is 0 Å². The van der Waals surface area contributed by atoms with Gasteiger partial charge in [-0.2, -0.15) is 0 Å². The van der Waals surface area contributed by atoms with E-state index < -0.39 is 0 Å². The Kier molecular flexibility index (Phi) is 2.02. The van der Waals surface area contributed by atoms with Gasteiger partial charge < -0.3 is 0 Å². The molecule has 0 aromatic carbocycles. The zero-order valence-electron chi connectivity index (χ0n) is 8.45.